The average Bonchev–Trinajstić information content (AvgIpc) is 3.64. The number of allylic oxidation sites excluding steroid dienone is 12. The van der Waals surface area contributed by atoms with Gasteiger partial charge in [-0.3, -0.25) is 14.6 Å². The summed E-state index contributed by atoms with van der Waals surface area (Å²) in [5.74, 6) is -1.51. The van der Waals surface area contributed by atoms with Crippen molar-refractivity contribution in [2.45, 2.75) is 103 Å². The van der Waals surface area contributed by atoms with E-state index < -0.39 is 12.0 Å². The lowest BCUT2D eigenvalue weighted by Gasteiger charge is -2.14. The summed E-state index contributed by atoms with van der Waals surface area (Å²) in [4.78, 5) is 43.2. The molecular formula is C42H60N4O4. The monoisotopic (exact) mass is 684 g/mol. The second-order valence-electron chi connectivity index (χ2n) is 12.4. The van der Waals surface area contributed by atoms with Crippen molar-refractivity contribution < 1.29 is 19.5 Å². The number of carbonyl (C=O) groups is 3. The number of pyridine rings is 1. The summed E-state index contributed by atoms with van der Waals surface area (Å²) >= 11 is 0. The summed E-state index contributed by atoms with van der Waals surface area (Å²) in [6.07, 6.45) is 42.2. The molecule has 1 atom stereocenters. The van der Waals surface area contributed by atoms with Gasteiger partial charge in [-0.1, -0.05) is 98.1 Å². The summed E-state index contributed by atoms with van der Waals surface area (Å²) in [5, 5.41) is 15.0. The molecule has 1 saturated heterocycles. The van der Waals surface area contributed by atoms with Gasteiger partial charge in [0, 0.05) is 44.2 Å². The maximum absolute atomic E-state index is 12.4. The quantitative estimate of drug-likeness (QED) is 0.0673. The van der Waals surface area contributed by atoms with Crippen LogP contribution in [0.3, 0.4) is 0 Å². The van der Waals surface area contributed by atoms with Gasteiger partial charge >= 0.3 is 5.97 Å². The van der Waals surface area contributed by atoms with Crippen molar-refractivity contribution in [1.82, 2.24) is 20.5 Å². The van der Waals surface area contributed by atoms with Crippen molar-refractivity contribution in [2.24, 2.45) is 0 Å². The zero-order chi connectivity index (χ0) is 35.9. The molecule has 0 radical (unpaired) electrons. The van der Waals surface area contributed by atoms with Gasteiger partial charge in [-0.25, -0.2) is 4.79 Å². The number of carboxylic acid groups (broad SMARTS) is 1. The van der Waals surface area contributed by atoms with Crippen LogP contribution in [0.1, 0.15) is 102 Å². The number of rotatable bonds is 26. The van der Waals surface area contributed by atoms with Crippen molar-refractivity contribution in [1.29, 1.82) is 0 Å². The second kappa shape index (κ2) is 28.5. The standard InChI is InChI=1S/C42H60N4O4/c1-2-3-4-5-6-7-8-9-10-11-12-13-14-15-16-17-18-19-20-27-40(47)43-32-24-26-39(42(49)50)45-41(48)28-23-25-37-29-30-38(44-36-37)31-35-46-33-21-22-34-46/h3-4,6-7,9-10,12-13,15-16,18-19,23,25,29-30,36,39H,2,5,8,11,14,17,20-22,24,26-28,31-35H2,1H3,(H,43,47)(H,45,48)(H,49,50)/b4-3-,7-6-,10-9-,13-12-,16-15-,19-18-,25-23+/t39-/m0/s1. The molecule has 0 aliphatic carbocycles. The summed E-state index contributed by atoms with van der Waals surface area (Å²) < 4.78 is 0. The van der Waals surface area contributed by atoms with Gasteiger partial charge in [0.2, 0.25) is 11.8 Å². The lowest BCUT2D eigenvalue weighted by Crippen LogP contribution is -2.41. The van der Waals surface area contributed by atoms with Gasteiger partial charge < -0.3 is 20.6 Å². The number of nitrogens with one attached hydrogen (secondary N) is 2. The number of aliphatic carboxylic acids is 1. The SMILES string of the molecule is CC/C=C\C/C=C\C/C=C\C/C=C\C/C=C\C/C=C\CCC(=O)NCCC[C@H](NC(=O)C/C=C/c1ccc(CCN2CCCC2)nc1)C(=O)O. The van der Waals surface area contributed by atoms with E-state index in [4.69, 9.17) is 0 Å². The number of likely N-dealkylation sites (tertiary alicyclic amines) is 1. The number of carbonyl (C=O) groups excluding carboxylic acids is 2. The molecule has 0 unspecified atom stereocenters. The predicted molar refractivity (Wildman–Crippen MR) is 207 cm³/mol. The first kappa shape index (κ1) is 41.9. The molecule has 3 N–H and O–H groups in total. The molecular weight excluding hydrogens is 624 g/mol. The van der Waals surface area contributed by atoms with Crippen molar-refractivity contribution in [3.8, 4) is 0 Å². The summed E-state index contributed by atoms with van der Waals surface area (Å²) in [5.41, 5.74) is 1.95. The number of nitrogens with zero attached hydrogens (tertiary/aromatic N) is 2. The summed E-state index contributed by atoms with van der Waals surface area (Å²) in [6, 6.07) is 3.00. The van der Waals surface area contributed by atoms with Crippen LogP contribution in [-0.4, -0.2) is 65.0 Å². The van der Waals surface area contributed by atoms with Crippen LogP contribution in [-0.2, 0) is 20.8 Å². The van der Waals surface area contributed by atoms with Gasteiger partial charge in [-0.2, -0.15) is 0 Å². The smallest absolute Gasteiger partial charge is 0.326 e. The molecule has 0 spiro atoms. The highest BCUT2D eigenvalue weighted by Gasteiger charge is 2.19. The van der Waals surface area contributed by atoms with E-state index in [9.17, 15) is 19.5 Å². The second-order valence-corrected chi connectivity index (χ2v) is 12.4. The van der Waals surface area contributed by atoms with E-state index in [1.54, 1.807) is 12.3 Å². The summed E-state index contributed by atoms with van der Waals surface area (Å²) in [6.45, 7) is 5.89. The van der Waals surface area contributed by atoms with Gasteiger partial charge in [0.25, 0.3) is 0 Å². The Balaban J connectivity index is 1.49. The molecule has 8 heteroatoms. The third-order valence-corrected chi connectivity index (χ3v) is 8.10. The highest BCUT2D eigenvalue weighted by molar-refractivity contribution is 5.84. The minimum Gasteiger partial charge on any atom is -0.480 e. The van der Waals surface area contributed by atoms with Gasteiger partial charge in [0.15, 0.2) is 0 Å². The number of hydrogen-bond acceptors (Lipinski definition) is 5. The largest absolute Gasteiger partial charge is 0.480 e. The van der Waals surface area contributed by atoms with E-state index in [-0.39, 0.29) is 24.7 Å². The number of aromatic nitrogens is 1. The Morgan fingerprint density at radius 1 is 0.820 bits per heavy atom. The molecule has 1 aliphatic rings. The Kier molecular flexibility index (Phi) is 23.9. The van der Waals surface area contributed by atoms with E-state index in [0.717, 1.165) is 62.7 Å². The van der Waals surface area contributed by atoms with E-state index >= 15 is 0 Å². The Hall–Kier alpha value is -4.30. The summed E-state index contributed by atoms with van der Waals surface area (Å²) in [7, 11) is 0. The molecule has 8 nitrogen and oxygen atoms in total. The molecule has 272 valence electrons. The van der Waals surface area contributed by atoms with Crippen LogP contribution in [0.4, 0.5) is 0 Å². The third kappa shape index (κ3) is 22.4. The molecule has 0 bridgehead atoms. The van der Waals surface area contributed by atoms with Crippen molar-refractivity contribution in [2.75, 3.05) is 26.2 Å². The molecule has 2 rings (SSSR count). The maximum Gasteiger partial charge on any atom is 0.326 e. The first-order valence-corrected chi connectivity index (χ1v) is 18.5. The van der Waals surface area contributed by atoms with E-state index in [1.807, 2.05) is 24.3 Å². The molecule has 50 heavy (non-hydrogen) atoms. The molecule has 1 aromatic rings. The Morgan fingerprint density at radius 2 is 1.42 bits per heavy atom. The van der Waals surface area contributed by atoms with Crippen LogP contribution in [0.15, 0.2) is 97.3 Å². The zero-order valence-corrected chi connectivity index (χ0v) is 30.2. The minimum absolute atomic E-state index is 0.0697. The lowest BCUT2D eigenvalue weighted by atomic mass is 10.1. The first-order valence-electron chi connectivity index (χ1n) is 18.5. The molecule has 2 amide bonds. The number of hydrogen-bond donors (Lipinski definition) is 3. The normalized spacial score (nSPS) is 14.9. The van der Waals surface area contributed by atoms with Crippen LogP contribution in [0, 0.1) is 0 Å². The fraction of sp³-hybridized carbons (Fsp3) is 0.476. The molecule has 1 aliphatic heterocycles. The topological polar surface area (TPSA) is 112 Å². The van der Waals surface area contributed by atoms with Gasteiger partial charge in [0.05, 0.1) is 0 Å². The third-order valence-electron chi connectivity index (χ3n) is 8.10. The first-order chi connectivity index (χ1) is 24.5. The Morgan fingerprint density at radius 3 is 1.98 bits per heavy atom. The van der Waals surface area contributed by atoms with Gasteiger partial charge in [-0.05, 0) is 95.3 Å². The van der Waals surface area contributed by atoms with E-state index in [0.29, 0.717) is 25.8 Å². The van der Waals surface area contributed by atoms with Crippen molar-refractivity contribution in [3.63, 3.8) is 0 Å². The molecule has 2 heterocycles. The van der Waals surface area contributed by atoms with Crippen LogP contribution >= 0.6 is 0 Å². The zero-order valence-electron chi connectivity index (χ0n) is 30.2. The predicted octanol–water partition coefficient (Wildman–Crippen LogP) is 8.07. The molecule has 1 fully saturated rings. The van der Waals surface area contributed by atoms with Crippen LogP contribution in [0.2, 0.25) is 0 Å². The minimum atomic E-state index is -1.08. The highest BCUT2D eigenvalue weighted by atomic mass is 16.4. The van der Waals surface area contributed by atoms with Gasteiger partial charge in [0.1, 0.15) is 6.04 Å². The van der Waals surface area contributed by atoms with Crippen LogP contribution in [0.5, 0.6) is 0 Å². The van der Waals surface area contributed by atoms with Crippen molar-refractivity contribution >= 4 is 23.9 Å². The Bertz CT molecular complexity index is 1300. The van der Waals surface area contributed by atoms with Crippen molar-refractivity contribution in [3.05, 3.63) is 109 Å². The van der Waals surface area contributed by atoms with Crippen LogP contribution < -0.4 is 10.6 Å². The lowest BCUT2D eigenvalue weighted by molar-refractivity contribution is -0.141. The van der Waals surface area contributed by atoms with E-state index in [2.05, 4.69) is 94.3 Å². The average molecular weight is 685 g/mol. The van der Waals surface area contributed by atoms with E-state index in [1.165, 1.54) is 25.9 Å². The number of amides is 2. The molecule has 0 aromatic carbocycles. The van der Waals surface area contributed by atoms with Gasteiger partial charge in [-0.15, -0.1) is 0 Å². The Labute approximate surface area is 300 Å². The molecule has 1 aromatic heterocycles. The number of carboxylic acids is 1. The fourth-order valence-corrected chi connectivity index (χ4v) is 5.25. The fourth-order valence-electron chi connectivity index (χ4n) is 5.25. The maximum atomic E-state index is 12.4. The molecule has 0 saturated carbocycles. The highest BCUT2D eigenvalue weighted by Crippen LogP contribution is 2.10. The van der Waals surface area contributed by atoms with Crippen LogP contribution in [0.25, 0.3) is 6.08 Å².